The molecule has 20 heavy (non-hydrogen) atoms. The Labute approximate surface area is 122 Å². The number of halogens is 1. The molecule has 0 aliphatic carbocycles. The van der Waals surface area contributed by atoms with Gasteiger partial charge in [0, 0.05) is 5.56 Å². The molecule has 0 spiro atoms. The van der Waals surface area contributed by atoms with E-state index in [4.69, 9.17) is 0 Å². The van der Waals surface area contributed by atoms with Crippen LogP contribution < -0.4 is 0 Å². The van der Waals surface area contributed by atoms with Crippen molar-refractivity contribution in [1.29, 1.82) is 0 Å². The maximum atomic E-state index is 13.7. The number of carbonyl (C=O) groups is 1. The molecular weight excluding hydrogens is 253 g/mol. The second kappa shape index (κ2) is 6.98. The van der Waals surface area contributed by atoms with E-state index < -0.39 is 5.54 Å². The van der Waals surface area contributed by atoms with E-state index in [1.54, 1.807) is 19.1 Å². The van der Waals surface area contributed by atoms with Gasteiger partial charge in [0.1, 0.15) is 5.82 Å². The van der Waals surface area contributed by atoms with E-state index >= 15 is 0 Å². The lowest BCUT2D eigenvalue weighted by atomic mass is 9.82. The molecule has 0 aliphatic rings. The van der Waals surface area contributed by atoms with Gasteiger partial charge in [-0.2, -0.15) is 0 Å². The highest BCUT2D eigenvalue weighted by Crippen LogP contribution is 2.29. The van der Waals surface area contributed by atoms with Crippen LogP contribution in [0.5, 0.6) is 0 Å². The van der Waals surface area contributed by atoms with Crippen LogP contribution in [-0.4, -0.2) is 29.3 Å². The Hall–Kier alpha value is -1.22. The molecule has 1 rings (SSSR count). The fourth-order valence-electron chi connectivity index (χ4n) is 2.99. The molecule has 0 saturated heterocycles. The molecule has 0 unspecified atom stereocenters. The largest absolute Gasteiger partial charge is 0.292 e. The summed E-state index contributed by atoms with van der Waals surface area (Å²) in [6.45, 7) is 11.5. The van der Waals surface area contributed by atoms with Crippen molar-refractivity contribution >= 4 is 5.78 Å². The Morgan fingerprint density at radius 1 is 1.15 bits per heavy atom. The highest BCUT2D eigenvalue weighted by Gasteiger charge is 2.39. The number of rotatable bonds is 7. The minimum atomic E-state index is -0.523. The molecule has 1 aromatic carbocycles. The maximum absolute atomic E-state index is 13.7. The van der Waals surface area contributed by atoms with Crippen LogP contribution in [0, 0.1) is 12.7 Å². The zero-order valence-corrected chi connectivity index (χ0v) is 13.3. The van der Waals surface area contributed by atoms with Crippen molar-refractivity contribution < 1.29 is 9.18 Å². The SMILES string of the molecule is CCN(CC)C(CC)(CC)C(=O)c1ccc(C)c(F)c1. The summed E-state index contributed by atoms with van der Waals surface area (Å²) < 4.78 is 13.7. The van der Waals surface area contributed by atoms with Crippen LogP contribution in [0.4, 0.5) is 4.39 Å². The molecule has 2 nitrogen and oxygen atoms in total. The van der Waals surface area contributed by atoms with Crippen LogP contribution >= 0.6 is 0 Å². The average molecular weight is 279 g/mol. The smallest absolute Gasteiger partial charge is 0.183 e. The van der Waals surface area contributed by atoms with Gasteiger partial charge in [-0.1, -0.05) is 39.8 Å². The first kappa shape index (κ1) is 16.8. The quantitative estimate of drug-likeness (QED) is 0.697. The van der Waals surface area contributed by atoms with E-state index in [-0.39, 0.29) is 11.6 Å². The number of aryl methyl sites for hydroxylation is 1. The van der Waals surface area contributed by atoms with Crippen molar-refractivity contribution in [2.45, 2.75) is 53.0 Å². The highest BCUT2D eigenvalue weighted by molar-refractivity contribution is 6.03. The van der Waals surface area contributed by atoms with Crippen molar-refractivity contribution in [2.75, 3.05) is 13.1 Å². The molecule has 0 heterocycles. The van der Waals surface area contributed by atoms with Gasteiger partial charge < -0.3 is 0 Å². The Kier molecular flexibility index (Phi) is 5.88. The zero-order chi connectivity index (χ0) is 15.3. The van der Waals surface area contributed by atoms with Gasteiger partial charge in [0.2, 0.25) is 0 Å². The summed E-state index contributed by atoms with van der Waals surface area (Å²) in [5, 5.41) is 0. The van der Waals surface area contributed by atoms with Gasteiger partial charge in [-0.15, -0.1) is 0 Å². The molecule has 0 saturated carbocycles. The molecule has 0 fully saturated rings. The van der Waals surface area contributed by atoms with Crippen LogP contribution in [0.15, 0.2) is 18.2 Å². The van der Waals surface area contributed by atoms with Crippen molar-refractivity contribution in [1.82, 2.24) is 4.90 Å². The van der Waals surface area contributed by atoms with Crippen LogP contribution in [0.1, 0.15) is 56.5 Å². The van der Waals surface area contributed by atoms with E-state index in [1.807, 2.05) is 13.8 Å². The lowest BCUT2D eigenvalue weighted by Crippen LogP contribution is -2.53. The molecule has 3 heteroatoms. The maximum Gasteiger partial charge on any atom is 0.183 e. The number of carbonyl (C=O) groups excluding carboxylic acids is 1. The number of likely N-dealkylation sites (N-methyl/N-ethyl adjacent to an activating group) is 1. The molecule has 1 aromatic rings. The summed E-state index contributed by atoms with van der Waals surface area (Å²) in [5.41, 5.74) is 0.525. The molecule has 0 atom stereocenters. The van der Waals surface area contributed by atoms with Crippen molar-refractivity contribution in [3.63, 3.8) is 0 Å². The second-order valence-electron chi connectivity index (χ2n) is 5.20. The lowest BCUT2D eigenvalue weighted by molar-refractivity contribution is 0.0534. The predicted molar refractivity (Wildman–Crippen MR) is 81.7 cm³/mol. The van der Waals surface area contributed by atoms with E-state index in [0.717, 1.165) is 25.9 Å². The van der Waals surface area contributed by atoms with Gasteiger partial charge >= 0.3 is 0 Å². The Bertz CT molecular complexity index is 462. The van der Waals surface area contributed by atoms with Gasteiger partial charge in [0.25, 0.3) is 0 Å². The standard InChI is InChI=1S/C17H26FNO/c1-6-17(7-2,19(8-3)9-4)16(20)14-11-10-13(5)15(18)12-14/h10-12H,6-9H2,1-5H3. The molecule has 0 bridgehead atoms. The van der Waals surface area contributed by atoms with Gasteiger partial charge in [-0.25, -0.2) is 4.39 Å². The van der Waals surface area contributed by atoms with E-state index in [0.29, 0.717) is 11.1 Å². The summed E-state index contributed by atoms with van der Waals surface area (Å²) in [5.74, 6) is -0.276. The lowest BCUT2D eigenvalue weighted by Gasteiger charge is -2.41. The van der Waals surface area contributed by atoms with Crippen molar-refractivity contribution in [2.24, 2.45) is 0 Å². The number of ketones is 1. The first-order valence-electron chi connectivity index (χ1n) is 7.52. The topological polar surface area (TPSA) is 20.3 Å². The summed E-state index contributed by atoms with van der Waals surface area (Å²) in [6.07, 6.45) is 1.47. The molecule has 112 valence electrons. The molecule has 0 aliphatic heterocycles. The number of nitrogens with zero attached hydrogens (tertiary/aromatic N) is 1. The third-order valence-electron chi connectivity index (χ3n) is 4.40. The minimum Gasteiger partial charge on any atom is -0.292 e. The summed E-state index contributed by atoms with van der Waals surface area (Å²) in [7, 11) is 0. The third-order valence-corrected chi connectivity index (χ3v) is 4.40. The van der Waals surface area contributed by atoms with Gasteiger partial charge in [-0.3, -0.25) is 9.69 Å². The van der Waals surface area contributed by atoms with Crippen LogP contribution in [0.2, 0.25) is 0 Å². The van der Waals surface area contributed by atoms with Crippen LogP contribution in [-0.2, 0) is 0 Å². The van der Waals surface area contributed by atoms with Crippen LogP contribution in [0.25, 0.3) is 0 Å². The number of benzene rings is 1. The van der Waals surface area contributed by atoms with Crippen molar-refractivity contribution in [3.05, 3.63) is 35.1 Å². The van der Waals surface area contributed by atoms with Gasteiger partial charge in [-0.05, 0) is 44.5 Å². The minimum absolute atomic E-state index is 0.0325. The average Bonchev–Trinajstić information content (AvgIpc) is 2.47. The Morgan fingerprint density at radius 3 is 2.10 bits per heavy atom. The first-order valence-corrected chi connectivity index (χ1v) is 7.52. The van der Waals surface area contributed by atoms with E-state index in [1.165, 1.54) is 6.07 Å². The number of hydrogen-bond acceptors (Lipinski definition) is 2. The third kappa shape index (κ3) is 2.93. The molecule has 0 amide bonds. The summed E-state index contributed by atoms with van der Waals surface area (Å²) in [4.78, 5) is 15.1. The van der Waals surface area contributed by atoms with Gasteiger partial charge in [0.05, 0.1) is 5.54 Å². The molecule has 0 N–H and O–H groups in total. The summed E-state index contributed by atoms with van der Waals surface area (Å²) >= 11 is 0. The second-order valence-corrected chi connectivity index (χ2v) is 5.20. The molecular formula is C17H26FNO. The zero-order valence-electron chi connectivity index (χ0n) is 13.3. The molecule has 0 aromatic heterocycles. The Morgan fingerprint density at radius 2 is 1.70 bits per heavy atom. The number of hydrogen-bond donors (Lipinski definition) is 0. The van der Waals surface area contributed by atoms with E-state index in [2.05, 4.69) is 18.7 Å². The fraction of sp³-hybridized carbons (Fsp3) is 0.588. The normalized spacial score (nSPS) is 11.9. The summed E-state index contributed by atoms with van der Waals surface area (Å²) in [6, 6.07) is 4.80. The number of Topliss-reactive ketones (excluding diaryl/α,β-unsaturated/α-hetero) is 1. The predicted octanol–water partition coefficient (Wildman–Crippen LogP) is 4.22. The van der Waals surface area contributed by atoms with Crippen LogP contribution in [0.3, 0.4) is 0 Å². The van der Waals surface area contributed by atoms with Gasteiger partial charge in [0.15, 0.2) is 5.78 Å². The first-order chi connectivity index (χ1) is 9.46. The molecule has 0 radical (unpaired) electrons. The highest BCUT2D eigenvalue weighted by atomic mass is 19.1. The van der Waals surface area contributed by atoms with E-state index in [9.17, 15) is 9.18 Å². The fourth-order valence-corrected chi connectivity index (χ4v) is 2.99. The van der Waals surface area contributed by atoms with Crippen molar-refractivity contribution in [3.8, 4) is 0 Å². The Balaban J connectivity index is 3.26. The monoisotopic (exact) mass is 279 g/mol.